The predicted molar refractivity (Wildman–Crippen MR) is 93.1 cm³/mol. The van der Waals surface area contributed by atoms with Crippen LogP contribution in [0.4, 0.5) is 8.78 Å². The summed E-state index contributed by atoms with van der Waals surface area (Å²) >= 11 is 0. The lowest BCUT2D eigenvalue weighted by molar-refractivity contribution is -0.144. The molecule has 142 valence electrons. The number of nitrogens with one attached hydrogen (secondary N) is 2. The van der Waals surface area contributed by atoms with E-state index in [9.17, 15) is 18.4 Å². The Morgan fingerprint density at radius 2 is 1.96 bits per heavy atom. The fourth-order valence-electron chi connectivity index (χ4n) is 3.82. The molecule has 3 atom stereocenters. The summed E-state index contributed by atoms with van der Waals surface area (Å²) in [6, 6.07) is 3.60. The molecule has 26 heavy (non-hydrogen) atoms. The van der Waals surface area contributed by atoms with E-state index >= 15 is 0 Å². The lowest BCUT2D eigenvalue weighted by Gasteiger charge is -2.33. The van der Waals surface area contributed by atoms with Crippen molar-refractivity contribution in [1.29, 1.82) is 0 Å². The van der Waals surface area contributed by atoms with E-state index in [0.717, 1.165) is 25.3 Å². The van der Waals surface area contributed by atoms with Gasteiger partial charge in [0, 0.05) is 26.2 Å². The van der Waals surface area contributed by atoms with Crippen LogP contribution in [0, 0.1) is 23.5 Å². The third-order valence-corrected chi connectivity index (χ3v) is 5.26. The topological polar surface area (TPSA) is 61.4 Å². The number of rotatable bonds is 4. The number of carbonyl (C=O) groups excluding carboxylic acids is 2. The van der Waals surface area contributed by atoms with Crippen molar-refractivity contribution in [3.8, 4) is 0 Å². The van der Waals surface area contributed by atoms with Crippen LogP contribution in [0.5, 0.6) is 0 Å². The van der Waals surface area contributed by atoms with Crippen LogP contribution in [0.15, 0.2) is 18.2 Å². The average molecular weight is 365 g/mol. The molecule has 0 aliphatic carbocycles. The lowest BCUT2D eigenvalue weighted by atomic mass is 9.90. The normalized spacial score (nSPS) is 26.7. The van der Waals surface area contributed by atoms with Crippen LogP contribution >= 0.6 is 0 Å². The van der Waals surface area contributed by atoms with E-state index in [1.807, 2.05) is 0 Å². The molecule has 0 bridgehead atoms. The predicted octanol–water partition coefficient (Wildman–Crippen LogP) is 1.82. The Morgan fingerprint density at radius 1 is 1.23 bits per heavy atom. The highest BCUT2D eigenvalue weighted by molar-refractivity contribution is 6.00. The number of benzene rings is 1. The number of likely N-dealkylation sites (tertiary alicyclic amines) is 1. The molecule has 0 spiro atoms. The van der Waals surface area contributed by atoms with Crippen molar-refractivity contribution in [3.05, 3.63) is 35.4 Å². The molecule has 2 N–H and O–H groups in total. The molecular formula is C19H25F2N3O2. The molecule has 5 nitrogen and oxygen atoms in total. The minimum Gasteiger partial charge on any atom is -0.345 e. The number of hydrogen-bond donors (Lipinski definition) is 2. The fourth-order valence-corrected chi connectivity index (χ4v) is 3.82. The van der Waals surface area contributed by atoms with Crippen molar-refractivity contribution in [2.75, 3.05) is 20.1 Å². The molecule has 0 saturated carbocycles. The van der Waals surface area contributed by atoms with Crippen LogP contribution in [0.25, 0.3) is 0 Å². The largest absolute Gasteiger partial charge is 0.345 e. The average Bonchev–Trinajstić information content (AvgIpc) is 2.58. The van der Waals surface area contributed by atoms with Gasteiger partial charge in [0.25, 0.3) is 0 Å². The van der Waals surface area contributed by atoms with Crippen LogP contribution in [0.2, 0.25) is 0 Å². The first-order valence-electron chi connectivity index (χ1n) is 9.16. The highest BCUT2D eigenvalue weighted by Crippen LogP contribution is 2.21. The summed E-state index contributed by atoms with van der Waals surface area (Å²) in [6.45, 7) is 1.36. The Bertz CT molecular complexity index is 654. The zero-order valence-corrected chi connectivity index (χ0v) is 14.9. The Hall–Kier alpha value is -2.02. The second kappa shape index (κ2) is 8.12. The van der Waals surface area contributed by atoms with Gasteiger partial charge in [-0.2, -0.15) is 0 Å². The molecule has 0 aromatic heterocycles. The van der Waals surface area contributed by atoms with Gasteiger partial charge in [-0.05, 0) is 55.7 Å². The van der Waals surface area contributed by atoms with Gasteiger partial charge in [0.2, 0.25) is 11.8 Å². The summed E-state index contributed by atoms with van der Waals surface area (Å²) in [6.07, 6.45) is 3.43. The Kier molecular flexibility index (Phi) is 5.86. The smallest absolute Gasteiger partial charge is 0.234 e. The number of hydrogen-bond acceptors (Lipinski definition) is 3. The maximum absolute atomic E-state index is 13.3. The molecule has 3 unspecified atom stereocenters. The zero-order chi connectivity index (χ0) is 18.7. The van der Waals surface area contributed by atoms with E-state index in [1.54, 1.807) is 11.9 Å². The van der Waals surface area contributed by atoms with E-state index in [-0.39, 0.29) is 23.9 Å². The lowest BCUT2D eigenvalue weighted by Crippen LogP contribution is -2.54. The van der Waals surface area contributed by atoms with Crippen molar-refractivity contribution in [2.45, 2.75) is 38.3 Å². The summed E-state index contributed by atoms with van der Waals surface area (Å²) in [5.41, 5.74) is 0.646. The molecule has 7 heteroatoms. The fraction of sp³-hybridized carbons (Fsp3) is 0.579. The molecule has 2 amide bonds. The van der Waals surface area contributed by atoms with Crippen LogP contribution in [0.3, 0.4) is 0 Å². The molecule has 1 aromatic carbocycles. The van der Waals surface area contributed by atoms with Gasteiger partial charge in [-0.3, -0.25) is 14.9 Å². The standard InChI is InChI=1S/C19H25F2N3O2/c1-24-6-2-3-16(19(24)26)18(25)23-17-5-4-12(11-22-17)7-13-8-14(20)10-15(21)9-13/h8-10,12,16-17,22H,2-7,11H2,1H3,(H,23,25). The van der Waals surface area contributed by atoms with Gasteiger partial charge in [-0.1, -0.05) is 0 Å². The SMILES string of the molecule is CN1CCCC(C(=O)NC2CCC(Cc3cc(F)cc(F)c3)CN2)C1=O. The first-order chi connectivity index (χ1) is 12.4. The third kappa shape index (κ3) is 4.58. The summed E-state index contributed by atoms with van der Waals surface area (Å²) in [5, 5.41) is 6.20. The van der Waals surface area contributed by atoms with E-state index in [1.165, 1.54) is 12.1 Å². The molecule has 0 radical (unpaired) electrons. The first kappa shape index (κ1) is 18.8. The van der Waals surface area contributed by atoms with Gasteiger partial charge in [0.15, 0.2) is 0 Å². The molecule has 1 aromatic rings. The maximum Gasteiger partial charge on any atom is 0.234 e. The minimum atomic E-state index is -0.594. The Labute approximate surface area is 152 Å². The van der Waals surface area contributed by atoms with Crippen molar-refractivity contribution in [3.63, 3.8) is 0 Å². The van der Waals surface area contributed by atoms with Crippen molar-refractivity contribution >= 4 is 11.8 Å². The van der Waals surface area contributed by atoms with Crippen LogP contribution in [-0.4, -0.2) is 43.0 Å². The highest BCUT2D eigenvalue weighted by atomic mass is 19.1. The first-order valence-corrected chi connectivity index (χ1v) is 9.16. The van der Waals surface area contributed by atoms with Gasteiger partial charge >= 0.3 is 0 Å². The van der Waals surface area contributed by atoms with Crippen molar-refractivity contribution < 1.29 is 18.4 Å². The van der Waals surface area contributed by atoms with Gasteiger partial charge in [0.1, 0.15) is 17.6 Å². The number of carbonyl (C=O) groups is 2. The van der Waals surface area contributed by atoms with Crippen LogP contribution in [-0.2, 0) is 16.0 Å². The molecule has 2 aliphatic heterocycles. The maximum atomic E-state index is 13.3. The molecule has 2 saturated heterocycles. The molecule has 2 aliphatic rings. The van der Waals surface area contributed by atoms with E-state index in [4.69, 9.17) is 0 Å². The highest BCUT2D eigenvalue weighted by Gasteiger charge is 2.33. The summed E-state index contributed by atoms with van der Waals surface area (Å²) in [5.74, 6) is -1.79. The molecule has 3 rings (SSSR count). The molecule has 2 heterocycles. The van der Waals surface area contributed by atoms with Gasteiger partial charge in [-0.15, -0.1) is 0 Å². The minimum absolute atomic E-state index is 0.115. The van der Waals surface area contributed by atoms with Crippen LogP contribution in [0.1, 0.15) is 31.2 Å². The number of nitrogens with zero attached hydrogens (tertiary/aromatic N) is 1. The Morgan fingerprint density at radius 3 is 2.62 bits per heavy atom. The van der Waals surface area contributed by atoms with E-state index in [2.05, 4.69) is 10.6 Å². The summed E-state index contributed by atoms with van der Waals surface area (Å²) < 4.78 is 26.6. The van der Waals surface area contributed by atoms with Crippen molar-refractivity contribution in [2.24, 2.45) is 11.8 Å². The number of halogens is 2. The quantitative estimate of drug-likeness (QED) is 0.800. The second-order valence-corrected chi connectivity index (χ2v) is 7.35. The van der Waals surface area contributed by atoms with Crippen molar-refractivity contribution in [1.82, 2.24) is 15.5 Å². The summed E-state index contributed by atoms with van der Waals surface area (Å²) in [7, 11) is 1.72. The monoisotopic (exact) mass is 365 g/mol. The van der Waals surface area contributed by atoms with Gasteiger partial charge < -0.3 is 10.2 Å². The second-order valence-electron chi connectivity index (χ2n) is 7.35. The number of piperidine rings is 2. The third-order valence-electron chi connectivity index (χ3n) is 5.26. The summed E-state index contributed by atoms with van der Waals surface area (Å²) in [4.78, 5) is 26.1. The van der Waals surface area contributed by atoms with Gasteiger partial charge in [0.05, 0.1) is 6.17 Å². The number of amides is 2. The van der Waals surface area contributed by atoms with E-state index < -0.39 is 17.6 Å². The zero-order valence-electron chi connectivity index (χ0n) is 14.9. The Balaban J connectivity index is 1.47. The van der Waals surface area contributed by atoms with Crippen LogP contribution < -0.4 is 10.6 Å². The van der Waals surface area contributed by atoms with Gasteiger partial charge in [-0.25, -0.2) is 8.78 Å². The van der Waals surface area contributed by atoms with E-state index in [0.29, 0.717) is 31.5 Å². The molecule has 2 fully saturated rings. The molecular weight excluding hydrogens is 340 g/mol.